The molecule has 0 saturated heterocycles. The number of benzene rings is 2. The lowest BCUT2D eigenvalue weighted by molar-refractivity contribution is -0.384. The summed E-state index contributed by atoms with van der Waals surface area (Å²) in [5.74, 6) is -1.18. The van der Waals surface area contributed by atoms with E-state index in [9.17, 15) is 20.0 Å². The quantitative estimate of drug-likeness (QED) is 0.666. The molecule has 0 heterocycles. The van der Waals surface area contributed by atoms with Crippen LogP contribution in [0.15, 0.2) is 42.5 Å². The van der Waals surface area contributed by atoms with E-state index in [0.717, 1.165) is 24.5 Å². The molecular weight excluding hydrogens is 284 g/mol. The van der Waals surface area contributed by atoms with Crippen LogP contribution in [0.5, 0.6) is 0 Å². The van der Waals surface area contributed by atoms with Crippen molar-refractivity contribution in [2.24, 2.45) is 0 Å². The maximum absolute atomic E-state index is 11.4. The fraction of sp³-hybridized carbons (Fsp3) is 0.188. The predicted molar refractivity (Wildman–Crippen MR) is 81.2 cm³/mol. The molecule has 0 spiro atoms. The molecule has 6 heteroatoms. The fourth-order valence-electron chi connectivity index (χ4n) is 2.84. The van der Waals surface area contributed by atoms with Gasteiger partial charge in [-0.05, 0) is 30.0 Å². The third-order valence-corrected chi connectivity index (χ3v) is 3.91. The molecule has 1 unspecified atom stereocenters. The minimum atomic E-state index is -1.18. The standard InChI is InChI=1S/C16H14N2O4/c19-16(20)13-9-11(18(21)22)6-8-15(13)17-14-7-5-10-3-1-2-4-12(10)14/h1-4,6,8-9,14,17H,5,7H2,(H,19,20). The van der Waals surface area contributed by atoms with Gasteiger partial charge >= 0.3 is 5.97 Å². The topological polar surface area (TPSA) is 92.5 Å². The van der Waals surface area contributed by atoms with Crippen molar-refractivity contribution in [3.05, 3.63) is 69.3 Å². The Kier molecular flexibility index (Phi) is 3.50. The van der Waals surface area contributed by atoms with Gasteiger partial charge in [0.1, 0.15) is 0 Å². The van der Waals surface area contributed by atoms with Gasteiger partial charge in [0.05, 0.1) is 16.5 Å². The fourth-order valence-corrected chi connectivity index (χ4v) is 2.84. The van der Waals surface area contributed by atoms with E-state index in [1.165, 1.54) is 17.7 Å². The van der Waals surface area contributed by atoms with Crippen molar-refractivity contribution in [2.45, 2.75) is 18.9 Å². The zero-order chi connectivity index (χ0) is 15.7. The van der Waals surface area contributed by atoms with E-state index in [1.807, 2.05) is 18.2 Å². The lowest BCUT2D eigenvalue weighted by Crippen LogP contribution is -2.11. The summed E-state index contributed by atoms with van der Waals surface area (Å²) in [6.45, 7) is 0. The monoisotopic (exact) mass is 298 g/mol. The summed E-state index contributed by atoms with van der Waals surface area (Å²) in [5, 5.41) is 23.3. The lowest BCUT2D eigenvalue weighted by atomic mass is 10.1. The van der Waals surface area contributed by atoms with Crippen molar-refractivity contribution in [2.75, 3.05) is 5.32 Å². The van der Waals surface area contributed by atoms with Crippen LogP contribution in [0.3, 0.4) is 0 Å². The van der Waals surface area contributed by atoms with Gasteiger partial charge in [0, 0.05) is 17.8 Å². The van der Waals surface area contributed by atoms with Crippen LogP contribution in [-0.2, 0) is 6.42 Å². The number of carbonyl (C=O) groups is 1. The van der Waals surface area contributed by atoms with Crippen LogP contribution in [0.2, 0.25) is 0 Å². The largest absolute Gasteiger partial charge is 0.478 e. The molecule has 3 rings (SSSR count). The summed E-state index contributed by atoms with van der Waals surface area (Å²) in [6, 6.07) is 11.9. The van der Waals surface area contributed by atoms with Gasteiger partial charge in [-0.3, -0.25) is 10.1 Å². The molecule has 0 radical (unpaired) electrons. The van der Waals surface area contributed by atoms with Crippen LogP contribution in [0, 0.1) is 10.1 Å². The second kappa shape index (κ2) is 5.48. The summed E-state index contributed by atoms with van der Waals surface area (Å²) in [5.41, 5.74) is 2.49. The van der Waals surface area contributed by atoms with Gasteiger partial charge in [0.25, 0.3) is 5.69 Å². The lowest BCUT2D eigenvalue weighted by Gasteiger charge is -2.17. The first-order chi connectivity index (χ1) is 10.6. The van der Waals surface area contributed by atoms with Crippen molar-refractivity contribution in [3.8, 4) is 0 Å². The van der Waals surface area contributed by atoms with Gasteiger partial charge in [-0.2, -0.15) is 0 Å². The van der Waals surface area contributed by atoms with Crippen molar-refractivity contribution in [3.63, 3.8) is 0 Å². The Hall–Kier alpha value is -2.89. The van der Waals surface area contributed by atoms with Crippen LogP contribution in [0.25, 0.3) is 0 Å². The number of hydrogen-bond donors (Lipinski definition) is 2. The van der Waals surface area contributed by atoms with Crippen molar-refractivity contribution >= 4 is 17.3 Å². The number of non-ortho nitro benzene ring substituents is 1. The number of rotatable bonds is 4. The van der Waals surface area contributed by atoms with Gasteiger partial charge < -0.3 is 10.4 Å². The van der Waals surface area contributed by atoms with Crippen LogP contribution >= 0.6 is 0 Å². The number of nitrogens with zero attached hydrogens (tertiary/aromatic N) is 1. The van der Waals surface area contributed by atoms with Crippen molar-refractivity contribution < 1.29 is 14.8 Å². The highest BCUT2D eigenvalue weighted by Gasteiger charge is 2.24. The van der Waals surface area contributed by atoms with Crippen LogP contribution in [0.4, 0.5) is 11.4 Å². The summed E-state index contributed by atoms with van der Waals surface area (Å²) >= 11 is 0. The van der Waals surface area contributed by atoms with E-state index in [2.05, 4.69) is 11.4 Å². The van der Waals surface area contributed by atoms with Crippen molar-refractivity contribution in [1.82, 2.24) is 0 Å². The zero-order valence-electron chi connectivity index (χ0n) is 11.7. The van der Waals surface area contributed by atoms with Crippen molar-refractivity contribution in [1.29, 1.82) is 0 Å². The minimum absolute atomic E-state index is 0.0238. The zero-order valence-corrected chi connectivity index (χ0v) is 11.7. The Labute approximate surface area is 126 Å². The third-order valence-electron chi connectivity index (χ3n) is 3.91. The maximum atomic E-state index is 11.4. The molecule has 0 fully saturated rings. The highest BCUT2D eigenvalue weighted by Crippen LogP contribution is 2.35. The number of nitrogens with one attached hydrogen (secondary N) is 1. The molecule has 0 amide bonds. The van der Waals surface area contributed by atoms with Gasteiger partial charge in [0.15, 0.2) is 0 Å². The molecule has 2 aromatic rings. The molecule has 2 aromatic carbocycles. The number of carboxylic acid groups (broad SMARTS) is 1. The van der Waals surface area contributed by atoms with E-state index in [4.69, 9.17) is 0 Å². The highest BCUT2D eigenvalue weighted by atomic mass is 16.6. The van der Waals surface area contributed by atoms with Crippen LogP contribution in [0.1, 0.15) is 33.9 Å². The molecular formula is C16H14N2O4. The number of nitro benzene ring substituents is 1. The van der Waals surface area contributed by atoms with E-state index in [-0.39, 0.29) is 17.3 Å². The average Bonchev–Trinajstić information content (AvgIpc) is 2.90. The number of anilines is 1. The normalized spacial score (nSPS) is 16.1. The Bertz CT molecular complexity index is 758. The Morgan fingerprint density at radius 2 is 2.05 bits per heavy atom. The highest BCUT2D eigenvalue weighted by molar-refractivity contribution is 5.95. The van der Waals surface area contributed by atoms with E-state index >= 15 is 0 Å². The molecule has 1 atom stereocenters. The molecule has 1 aliphatic rings. The summed E-state index contributed by atoms with van der Waals surface area (Å²) < 4.78 is 0. The van der Waals surface area contributed by atoms with Gasteiger partial charge in [-0.25, -0.2) is 4.79 Å². The Morgan fingerprint density at radius 1 is 1.27 bits per heavy atom. The van der Waals surface area contributed by atoms with E-state index < -0.39 is 10.9 Å². The Morgan fingerprint density at radius 3 is 2.77 bits per heavy atom. The van der Waals surface area contributed by atoms with Gasteiger partial charge in [0.2, 0.25) is 0 Å². The Balaban J connectivity index is 1.93. The van der Waals surface area contributed by atoms with E-state index in [1.54, 1.807) is 0 Å². The van der Waals surface area contributed by atoms with E-state index in [0.29, 0.717) is 5.69 Å². The first-order valence-corrected chi connectivity index (χ1v) is 6.92. The molecule has 2 N–H and O–H groups in total. The first-order valence-electron chi connectivity index (χ1n) is 6.92. The molecule has 6 nitrogen and oxygen atoms in total. The number of carboxylic acids is 1. The average molecular weight is 298 g/mol. The SMILES string of the molecule is O=C(O)c1cc([N+](=O)[O-])ccc1NC1CCc2ccccc21. The number of fused-ring (bicyclic) bond motifs is 1. The first kappa shape index (κ1) is 14.1. The van der Waals surface area contributed by atoms with Crippen LogP contribution < -0.4 is 5.32 Å². The molecule has 1 aliphatic carbocycles. The second-order valence-electron chi connectivity index (χ2n) is 5.23. The summed E-state index contributed by atoms with van der Waals surface area (Å²) in [4.78, 5) is 21.5. The molecule has 112 valence electrons. The molecule has 0 aliphatic heterocycles. The number of hydrogen-bond acceptors (Lipinski definition) is 4. The third kappa shape index (κ3) is 2.50. The molecule has 0 bridgehead atoms. The predicted octanol–water partition coefficient (Wildman–Crippen LogP) is 3.39. The van der Waals surface area contributed by atoms with Crippen LogP contribution in [-0.4, -0.2) is 16.0 Å². The number of aromatic carboxylic acids is 1. The summed E-state index contributed by atoms with van der Waals surface area (Å²) in [6.07, 6.45) is 1.80. The molecule has 0 aromatic heterocycles. The number of aryl methyl sites for hydroxylation is 1. The number of nitro groups is 1. The van der Waals surface area contributed by atoms with Gasteiger partial charge in [-0.15, -0.1) is 0 Å². The van der Waals surface area contributed by atoms with Gasteiger partial charge in [-0.1, -0.05) is 24.3 Å². The molecule has 0 saturated carbocycles. The second-order valence-corrected chi connectivity index (χ2v) is 5.23. The molecule has 22 heavy (non-hydrogen) atoms. The maximum Gasteiger partial charge on any atom is 0.338 e. The minimum Gasteiger partial charge on any atom is -0.478 e. The summed E-state index contributed by atoms with van der Waals surface area (Å²) in [7, 11) is 0. The smallest absolute Gasteiger partial charge is 0.338 e.